The Morgan fingerprint density at radius 3 is 2.50 bits per heavy atom. The lowest BCUT2D eigenvalue weighted by Crippen LogP contribution is -2.40. The van der Waals surface area contributed by atoms with E-state index in [0.29, 0.717) is 37.3 Å². The Balaban J connectivity index is 1.71. The SMILES string of the molecule is O=C(Nc1c(C(=O)N2CCOCC2)oc2ccccc12)c1ccc(F)c(F)c1. The highest BCUT2D eigenvalue weighted by Crippen LogP contribution is 2.32. The third-order valence-electron chi connectivity index (χ3n) is 4.51. The van der Waals surface area contributed by atoms with E-state index in [4.69, 9.17) is 9.15 Å². The Morgan fingerprint density at radius 2 is 1.75 bits per heavy atom. The number of para-hydroxylation sites is 1. The smallest absolute Gasteiger partial charge is 0.291 e. The first-order chi connectivity index (χ1) is 13.5. The minimum atomic E-state index is -1.13. The van der Waals surface area contributed by atoms with Crippen molar-refractivity contribution >= 4 is 28.5 Å². The summed E-state index contributed by atoms with van der Waals surface area (Å²) in [5.74, 6) is -3.25. The standard InChI is InChI=1S/C20H16F2N2O4/c21-14-6-5-12(11-15(14)22)19(25)23-17-13-3-1-2-4-16(13)28-18(17)20(26)24-7-9-27-10-8-24/h1-6,11H,7-10H2,(H,23,25). The van der Waals surface area contributed by atoms with Crippen LogP contribution in [-0.4, -0.2) is 43.0 Å². The van der Waals surface area contributed by atoms with Gasteiger partial charge in [0, 0.05) is 24.0 Å². The molecule has 1 aliphatic heterocycles. The van der Waals surface area contributed by atoms with Gasteiger partial charge in [0.2, 0.25) is 5.76 Å². The minimum Gasteiger partial charge on any atom is -0.449 e. The predicted molar refractivity (Wildman–Crippen MR) is 97.2 cm³/mol. The molecule has 2 aromatic carbocycles. The average molecular weight is 386 g/mol. The van der Waals surface area contributed by atoms with Crippen LogP contribution in [0.15, 0.2) is 46.9 Å². The van der Waals surface area contributed by atoms with Gasteiger partial charge >= 0.3 is 0 Å². The summed E-state index contributed by atoms with van der Waals surface area (Å²) in [6, 6.07) is 9.71. The van der Waals surface area contributed by atoms with Crippen molar-refractivity contribution < 1.29 is 27.5 Å². The molecule has 1 N–H and O–H groups in total. The lowest BCUT2D eigenvalue weighted by molar-refractivity contribution is 0.0285. The van der Waals surface area contributed by atoms with E-state index in [9.17, 15) is 18.4 Å². The van der Waals surface area contributed by atoms with Crippen LogP contribution in [0.1, 0.15) is 20.9 Å². The third kappa shape index (κ3) is 3.34. The number of hydrogen-bond acceptors (Lipinski definition) is 4. The molecule has 2 amide bonds. The van der Waals surface area contributed by atoms with Crippen molar-refractivity contribution in [2.45, 2.75) is 0 Å². The van der Waals surface area contributed by atoms with E-state index in [1.165, 1.54) is 6.07 Å². The van der Waals surface area contributed by atoms with Gasteiger partial charge in [-0.3, -0.25) is 9.59 Å². The van der Waals surface area contributed by atoms with Crippen molar-refractivity contribution in [2.75, 3.05) is 31.6 Å². The molecule has 0 aliphatic carbocycles. The lowest BCUT2D eigenvalue weighted by atomic mass is 10.1. The normalized spacial score (nSPS) is 14.3. The van der Waals surface area contributed by atoms with Crippen molar-refractivity contribution in [3.05, 3.63) is 65.4 Å². The van der Waals surface area contributed by atoms with Crippen LogP contribution < -0.4 is 5.32 Å². The molecule has 8 heteroatoms. The average Bonchev–Trinajstić information content (AvgIpc) is 3.08. The van der Waals surface area contributed by atoms with Gasteiger partial charge in [-0.1, -0.05) is 12.1 Å². The van der Waals surface area contributed by atoms with Crippen molar-refractivity contribution in [1.29, 1.82) is 0 Å². The van der Waals surface area contributed by atoms with Crippen LogP contribution in [0.4, 0.5) is 14.5 Å². The lowest BCUT2D eigenvalue weighted by Gasteiger charge is -2.26. The Morgan fingerprint density at radius 1 is 1.00 bits per heavy atom. The van der Waals surface area contributed by atoms with Crippen LogP contribution in [0.25, 0.3) is 11.0 Å². The fourth-order valence-electron chi connectivity index (χ4n) is 3.05. The monoisotopic (exact) mass is 386 g/mol. The fourth-order valence-corrected chi connectivity index (χ4v) is 3.05. The first kappa shape index (κ1) is 18.1. The Bertz CT molecular complexity index is 1060. The number of anilines is 1. The maximum absolute atomic E-state index is 13.5. The molecule has 0 saturated carbocycles. The number of morpholine rings is 1. The molecule has 28 heavy (non-hydrogen) atoms. The molecule has 1 aliphatic rings. The number of benzene rings is 2. The fraction of sp³-hybridized carbons (Fsp3) is 0.200. The van der Waals surface area contributed by atoms with E-state index in [2.05, 4.69) is 5.32 Å². The molecule has 2 heterocycles. The highest BCUT2D eigenvalue weighted by molar-refractivity contribution is 6.14. The van der Waals surface area contributed by atoms with E-state index >= 15 is 0 Å². The zero-order chi connectivity index (χ0) is 19.7. The molecule has 1 aromatic heterocycles. The topological polar surface area (TPSA) is 71.8 Å². The number of fused-ring (bicyclic) bond motifs is 1. The Labute approximate surface area is 158 Å². The van der Waals surface area contributed by atoms with E-state index in [0.717, 1.165) is 12.1 Å². The molecule has 144 valence electrons. The van der Waals surface area contributed by atoms with Crippen LogP contribution in [0, 0.1) is 11.6 Å². The number of rotatable bonds is 3. The summed E-state index contributed by atoms with van der Waals surface area (Å²) in [4.78, 5) is 27.1. The van der Waals surface area contributed by atoms with Crippen molar-refractivity contribution in [3.8, 4) is 0 Å². The largest absolute Gasteiger partial charge is 0.449 e. The van der Waals surface area contributed by atoms with Crippen molar-refractivity contribution in [2.24, 2.45) is 0 Å². The van der Waals surface area contributed by atoms with Crippen LogP contribution in [0.2, 0.25) is 0 Å². The third-order valence-corrected chi connectivity index (χ3v) is 4.51. The molecule has 0 bridgehead atoms. The van der Waals surface area contributed by atoms with Gasteiger partial charge in [0.25, 0.3) is 11.8 Å². The number of furan rings is 1. The predicted octanol–water partition coefficient (Wildman–Crippen LogP) is 3.44. The molecular weight excluding hydrogens is 370 g/mol. The van der Waals surface area contributed by atoms with Gasteiger partial charge in [0.15, 0.2) is 11.6 Å². The molecule has 6 nitrogen and oxygen atoms in total. The summed E-state index contributed by atoms with van der Waals surface area (Å²) in [7, 11) is 0. The van der Waals surface area contributed by atoms with E-state index in [1.54, 1.807) is 29.2 Å². The molecule has 0 atom stereocenters. The van der Waals surface area contributed by atoms with Crippen LogP contribution >= 0.6 is 0 Å². The van der Waals surface area contributed by atoms with Crippen molar-refractivity contribution in [1.82, 2.24) is 4.90 Å². The summed E-state index contributed by atoms with van der Waals surface area (Å²) in [5.41, 5.74) is 0.551. The van der Waals surface area contributed by atoms with Gasteiger partial charge in [-0.05, 0) is 30.3 Å². The molecule has 0 unspecified atom stereocenters. The number of amides is 2. The summed E-state index contributed by atoms with van der Waals surface area (Å²) in [6.07, 6.45) is 0. The molecule has 1 saturated heterocycles. The zero-order valence-electron chi connectivity index (χ0n) is 14.7. The van der Waals surface area contributed by atoms with Gasteiger partial charge in [-0.25, -0.2) is 8.78 Å². The number of hydrogen-bond donors (Lipinski definition) is 1. The van der Waals surface area contributed by atoms with Crippen LogP contribution in [0.5, 0.6) is 0 Å². The summed E-state index contributed by atoms with van der Waals surface area (Å²) >= 11 is 0. The first-order valence-electron chi connectivity index (χ1n) is 8.69. The van der Waals surface area contributed by atoms with Gasteiger partial charge in [-0.2, -0.15) is 0 Å². The van der Waals surface area contributed by atoms with Gasteiger partial charge in [0.1, 0.15) is 11.3 Å². The second-order valence-corrected chi connectivity index (χ2v) is 6.29. The quantitative estimate of drug-likeness (QED) is 0.749. The second-order valence-electron chi connectivity index (χ2n) is 6.29. The van der Waals surface area contributed by atoms with Crippen molar-refractivity contribution in [3.63, 3.8) is 0 Å². The van der Waals surface area contributed by atoms with E-state index in [-0.39, 0.29) is 22.9 Å². The summed E-state index contributed by atoms with van der Waals surface area (Å²) in [6.45, 7) is 1.66. The van der Waals surface area contributed by atoms with E-state index in [1.807, 2.05) is 0 Å². The number of halogens is 2. The highest BCUT2D eigenvalue weighted by Gasteiger charge is 2.27. The number of nitrogens with zero attached hydrogens (tertiary/aromatic N) is 1. The first-order valence-corrected chi connectivity index (χ1v) is 8.69. The van der Waals surface area contributed by atoms with Gasteiger partial charge in [-0.15, -0.1) is 0 Å². The molecule has 0 spiro atoms. The number of nitrogens with one attached hydrogen (secondary N) is 1. The zero-order valence-corrected chi connectivity index (χ0v) is 14.7. The Kier molecular flexibility index (Phi) is 4.79. The highest BCUT2D eigenvalue weighted by atomic mass is 19.2. The summed E-state index contributed by atoms with van der Waals surface area (Å²) < 4.78 is 37.6. The van der Waals surface area contributed by atoms with Crippen LogP contribution in [-0.2, 0) is 4.74 Å². The van der Waals surface area contributed by atoms with E-state index < -0.39 is 17.5 Å². The maximum atomic E-state index is 13.5. The molecular formula is C20H16F2N2O4. The van der Waals surface area contributed by atoms with Gasteiger partial charge < -0.3 is 19.4 Å². The molecule has 4 rings (SSSR count). The molecule has 3 aromatic rings. The maximum Gasteiger partial charge on any atom is 0.291 e. The number of carbonyl (C=O) groups is 2. The number of ether oxygens (including phenoxy) is 1. The van der Waals surface area contributed by atoms with Gasteiger partial charge in [0.05, 0.1) is 13.2 Å². The molecule has 0 radical (unpaired) electrons. The minimum absolute atomic E-state index is 0.0148. The Hall–Kier alpha value is -3.26. The second kappa shape index (κ2) is 7.40. The van der Waals surface area contributed by atoms with Crippen LogP contribution in [0.3, 0.4) is 0 Å². The summed E-state index contributed by atoms with van der Waals surface area (Å²) in [5, 5.41) is 3.15. The number of carbonyl (C=O) groups excluding carboxylic acids is 2. The molecule has 1 fully saturated rings.